The molecule has 2 aliphatic rings. The number of carbonyl (C=O) groups is 2. The van der Waals surface area contributed by atoms with Gasteiger partial charge in [0.15, 0.2) is 0 Å². The molecule has 9 nitrogen and oxygen atoms in total. The highest BCUT2D eigenvalue weighted by molar-refractivity contribution is 7.89. The third-order valence-electron chi connectivity index (χ3n) is 6.00. The van der Waals surface area contributed by atoms with Crippen LogP contribution in [-0.2, 0) is 24.3 Å². The quantitative estimate of drug-likeness (QED) is 0.572. The van der Waals surface area contributed by atoms with E-state index in [1.54, 1.807) is 24.3 Å². The molecular formula is C23H25ClN2O7S. The third kappa shape index (κ3) is 4.57. The van der Waals surface area contributed by atoms with Crippen LogP contribution in [0.15, 0.2) is 47.4 Å². The van der Waals surface area contributed by atoms with Crippen molar-refractivity contribution in [2.75, 3.05) is 38.8 Å². The maximum absolute atomic E-state index is 13.6. The first-order chi connectivity index (χ1) is 16.3. The fraction of sp³-hybridized carbons (Fsp3) is 0.391. The van der Waals surface area contributed by atoms with Gasteiger partial charge in [0.25, 0.3) is 0 Å². The molecule has 0 saturated carbocycles. The van der Waals surface area contributed by atoms with Crippen molar-refractivity contribution in [3.63, 3.8) is 0 Å². The van der Waals surface area contributed by atoms with Crippen LogP contribution in [0.1, 0.15) is 12.8 Å². The van der Waals surface area contributed by atoms with Crippen molar-refractivity contribution < 1.29 is 32.2 Å². The van der Waals surface area contributed by atoms with Gasteiger partial charge in [0.05, 0.1) is 42.3 Å². The molecule has 11 heteroatoms. The summed E-state index contributed by atoms with van der Waals surface area (Å²) in [4.78, 5) is 27.2. The van der Waals surface area contributed by atoms with Gasteiger partial charge in [-0.05, 0) is 43.2 Å². The van der Waals surface area contributed by atoms with Crippen molar-refractivity contribution in [3.05, 3.63) is 47.5 Å². The maximum Gasteiger partial charge on any atom is 0.348 e. The number of anilines is 1. The zero-order chi connectivity index (χ0) is 24.5. The van der Waals surface area contributed by atoms with Crippen LogP contribution < -0.4 is 14.4 Å². The molecule has 0 N–H and O–H groups in total. The fourth-order valence-corrected chi connectivity index (χ4v) is 6.11. The minimum absolute atomic E-state index is 0.0140. The molecule has 4 rings (SSSR count). The number of piperidine rings is 1. The third-order valence-corrected chi connectivity index (χ3v) is 8.15. The summed E-state index contributed by atoms with van der Waals surface area (Å²) in [6.07, 6.45) is 0.0801. The summed E-state index contributed by atoms with van der Waals surface area (Å²) >= 11 is 6.14. The Morgan fingerprint density at radius 3 is 2.59 bits per heavy atom. The van der Waals surface area contributed by atoms with Crippen LogP contribution in [0.4, 0.5) is 5.69 Å². The molecule has 182 valence electrons. The molecule has 34 heavy (non-hydrogen) atoms. The number of rotatable bonds is 5. The summed E-state index contributed by atoms with van der Waals surface area (Å²) in [5.41, 5.74) is 0.537. The van der Waals surface area contributed by atoms with E-state index in [1.807, 2.05) is 0 Å². The molecule has 2 aromatic rings. The second-order valence-corrected chi connectivity index (χ2v) is 10.4. The highest BCUT2D eigenvalue weighted by Gasteiger charge is 2.40. The molecule has 2 heterocycles. The number of amides is 1. The summed E-state index contributed by atoms with van der Waals surface area (Å²) < 4.78 is 43.5. The van der Waals surface area contributed by atoms with E-state index in [-0.39, 0.29) is 28.9 Å². The average molecular weight is 509 g/mol. The van der Waals surface area contributed by atoms with E-state index in [4.69, 9.17) is 25.8 Å². The molecule has 2 atom stereocenters. The number of fused-ring (bicyclic) bond motifs is 1. The first-order valence-electron chi connectivity index (χ1n) is 10.7. The zero-order valence-electron chi connectivity index (χ0n) is 18.8. The Labute approximate surface area is 203 Å². The van der Waals surface area contributed by atoms with Gasteiger partial charge in [0.1, 0.15) is 11.5 Å². The van der Waals surface area contributed by atoms with E-state index in [0.29, 0.717) is 36.6 Å². The number of halogens is 1. The Bertz CT molecular complexity index is 1200. The molecular weight excluding hydrogens is 484 g/mol. The largest absolute Gasteiger partial charge is 0.495 e. The second-order valence-electron chi connectivity index (χ2n) is 8.04. The molecule has 0 radical (unpaired) electrons. The van der Waals surface area contributed by atoms with E-state index in [1.165, 1.54) is 41.6 Å². The van der Waals surface area contributed by atoms with Crippen LogP contribution in [0.5, 0.6) is 11.5 Å². The number of ether oxygens (including phenoxy) is 3. The second kappa shape index (κ2) is 9.81. The van der Waals surface area contributed by atoms with Crippen LogP contribution >= 0.6 is 11.6 Å². The minimum atomic E-state index is -3.87. The van der Waals surface area contributed by atoms with Crippen molar-refractivity contribution in [2.45, 2.75) is 23.8 Å². The fourth-order valence-electron chi connectivity index (χ4n) is 4.24. The molecule has 1 saturated heterocycles. The first kappa shape index (κ1) is 24.3. The number of benzene rings is 2. The van der Waals surface area contributed by atoms with Gasteiger partial charge in [-0.3, -0.25) is 4.79 Å². The van der Waals surface area contributed by atoms with Gasteiger partial charge < -0.3 is 19.1 Å². The summed E-state index contributed by atoms with van der Waals surface area (Å²) in [5, 5.41) is 0.187. The average Bonchev–Trinajstić information content (AvgIpc) is 2.87. The van der Waals surface area contributed by atoms with Crippen molar-refractivity contribution in [1.29, 1.82) is 0 Å². The Balaban J connectivity index is 1.57. The number of hydrogen-bond donors (Lipinski definition) is 0. The standard InChI is InChI=1S/C23H25ClN2O7S/c1-31-19-10-9-16(12-17(19)24)34(29,30)25-11-5-6-15(13-25)22(27)26-14-21(23(28)32-2)33-20-8-4-3-7-18(20)26/h3-4,7-10,12,15,21H,5-6,11,13-14H2,1-2H3. The maximum atomic E-state index is 13.6. The Kier molecular flexibility index (Phi) is 7.01. The predicted octanol–water partition coefficient (Wildman–Crippen LogP) is 2.72. The summed E-state index contributed by atoms with van der Waals surface area (Å²) in [7, 11) is -1.16. The number of esters is 1. The van der Waals surface area contributed by atoms with Gasteiger partial charge in [-0.25, -0.2) is 13.2 Å². The number of sulfonamides is 1. The number of para-hydroxylation sites is 2. The Morgan fingerprint density at radius 2 is 1.88 bits per heavy atom. The number of hydrogen-bond acceptors (Lipinski definition) is 7. The number of methoxy groups -OCH3 is 2. The molecule has 1 fully saturated rings. The summed E-state index contributed by atoms with van der Waals surface area (Å²) in [5.74, 6) is -0.667. The van der Waals surface area contributed by atoms with Crippen molar-refractivity contribution in [3.8, 4) is 11.5 Å². The van der Waals surface area contributed by atoms with Crippen LogP contribution in [0.3, 0.4) is 0 Å². The van der Waals surface area contributed by atoms with Gasteiger partial charge >= 0.3 is 5.97 Å². The lowest BCUT2D eigenvalue weighted by molar-refractivity contribution is -0.148. The van der Waals surface area contributed by atoms with Gasteiger partial charge in [-0.15, -0.1) is 0 Å². The van der Waals surface area contributed by atoms with Crippen LogP contribution in [-0.4, -0.2) is 64.6 Å². The van der Waals surface area contributed by atoms with Crippen LogP contribution in [0.2, 0.25) is 5.02 Å². The van der Waals surface area contributed by atoms with E-state index in [0.717, 1.165) is 0 Å². The normalized spacial score (nSPS) is 20.7. The molecule has 1 amide bonds. The molecule has 0 spiro atoms. The molecule has 2 unspecified atom stereocenters. The number of carbonyl (C=O) groups excluding carboxylic acids is 2. The lowest BCUT2D eigenvalue weighted by Crippen LogP contribution is -2.52. The highest BCUT2D eigenvalue weighted by atomic mass is 35.5. The number of nitrogens with zero attached hydrogens (tertiary/aromatic N) is 2. The van der Waals surface area contributed by atoms with Crippen molar-refractivity contribution in [1.82, 2.24) is 4.31 Å². The molecule has 0 bridgehead atoms. The van der Waals surface area contributed by atoms with Gasteiger partial charge in [0.2, 0.25) is 22.0 Å². The molecule has 0 aliphatic carbocycles. The van der Waals surface area contributed by atoms with Crippen LogP contribution in [0.25, 0.3) is 0 Å². The monoisotopic (exact) mass is 508 g/mol. The van der Waals surface area contributed by atoms with Gasteiger partial charge in [-0.1, -0.05) is 23.7 Å². The van der Waals surface area contributed by atoms with Crippen molar-refractivity contribution >= 4 is 39.2 Å². The Morgan fingerprint density at radius 1 is 1.12 bits per heavy atom. The summed E-state index contributed by atoms with van der Waals surface area (Å²) in [6, 6.07) is 11.2. The van der Waals surface area contributed by atoms with Crippen molar-refractivity contribution in [2.24, 2.45) is 5.92 Å². The van der Waals surface area contributed by atoms with Gasteiger partial charge in [-0.2, -0.15) is 4.31 Å². The van der Waals surface area contributed by atoms with Gasteiger partial charge in [0, 0.05) is 13.1 Å². The molecule has 0 aromatic heterocycles. The predicted molar refractivity (Wildman–Crippen MR) is 125 cm³/mol. The lowest BCUT2D eigenvalue weighted by atomic mass is 9.97. The first-order valence-corrected chi connectivity index (χ1v) is 12.6. The van der Waals surface area contributed by atoms with E-state index < -0.39 is 28.0 Å². The lowest BCUT2D eigenvalue weighted by Gasteiger charge is -2.38. The SMILES string of the molecule is COC(=O)C1CN(C(=O)C2CCCN(S(=O)(=O)c3ccc(OC)c(Cl)c3)C2)c2ccccc2O1. The zero-order valence-corrected chi connectivity index (χ0v) is 20.3. The Hall–Kier alpha value is -2.82. The minimum Gasteiger partial charge on any atom is -0.495 e. The summed E-state index contributed by atoms with van der Waals surface area (Å²) in [6.45, 7) is 0.299. The van der Waals surface area contributed by atoms with E-state index in [9.17, 15) is 18.0 Å². The topological polar surface area (TPSA) is 102 Å². The van der Waals surface area contributed by atoms with Crippen LogP contribution in [0, 0.1) is 5.92 Å². The van der Waals surface area contributed by atoms with E-state index in [2.05, 4.69) is 0 Å². The van der Waals surface area contributed by atoms with E-state index >= 15 is 0 Å². The highest BCUT2D eigenvalue weighted by Crippen LogP contribution is 2.36. The molecule has 2 aliphatic heterocycles. The smallest absolute Gasteiger partial charge is 0.348 e. The molecule has 2 aromatic carbocycles.